The Hall–Kier alpha value is -0.330. The van der Waals surface area contributed by atoms with Gasteiger partial charge in [0.2, 0.25) is 0 Å². The maximum atomic E-state index is 10.8. The number of hydrogen-bond donors (Lipinski definition) is 0. The molecule has 0 saturated carbocycles. The number of carbonyl (C=O) groups is 1. The molecule has 0 aromatic carbocycles. The topological polar surface area (TPSA) is 17.1 Å². The molecule has 0 radical (unpaired) electrons. The van der Waals surface area contributed by atoms with Crippen LogP contribution >= 0.6 is 0 Å². The normalized spacial score (nSPS) is 14.2. The molecule has 13 heavy (non-hydrogen) atoms. The fourth-order valence-corrected chi connectivity index (χ4v) is 1.37. The van der Waals surface area contributed by atoms with Gasteiger partial charge in [-0.05, 0) is 12.3 Å². The van der Waals surface area contributed by atoms with E-state index in [1.165, 1.54) is 32.1 Å². The van der Waals surface area contributed by atoms with E-state index in [0.717, 1.165) is 6.29 Å². The molecule has 0 amide bonds. The largest absolute Gasteiger partial charge is 0.303 e. The van der Waals surface area contributed by atoms with Crippen molar-refractivity contribution in [3.05, 3.63) is 0 Å². The van der Waals surface area contributed by atoms with Crippen LogP contribution in [-0.2, 0) is 4.79 Å². The van der Waals surface area contributed by atoms with Crippen LogP contribution < -0.4 is 0 Å². The van der Waals surface area contributed by atoms with Crippen LogP contribution in [0.4, 0.5) is 0 Å². The van der Waals surface area contributed by atoms with Crippen LogP contribution in [0.5, 0.6) is 0 Å². The van der Waals surface area contributed by atoms with Crippen molar-refractivity contribution in [2.45, 2.75) is 59.8 Å². The highest BCUT2D eigenvalue weighted by atomic mass is 16.1. The van der Waals surface area contributed by atoms with Gasteiger partial charge in [-0.2, -0.15) is 0 Å². The summed E-state index contributed by atoms with van der Waals surface area (Å²) >= 11 is 0. The van der Waals surface area contributed by atoms with E-state index >= 15 is 0 Å². The highest BCUT2D eigenvalue weighted by molar-refractivity contribution is 5.58. The lowest BCUT2D eigenvalue weighted by Crippen LogP contribution is -2.22. The highest BCUT2D eigenvalue weighted by Gasteiger charge is 2.24. The Labute approximate surface area is 82.9 Å². The number of unbranched alkanes of at least 4 members (excludes halogenated alkanes) is 3. The SMILES string of the molecule is CCCCCCC(C)C(C)(C)C=O. The molecule has 0 N–H and O–H groups in total. The van der Waals surface area contributed by atoms with E-state index in [9.17, 15) is 4.79 Å². The van der Waals surface area contributed by atoms with E-state index < -0.39 is 0 Å². The van der Waals surface area contributed by atoms with Crippen molar-refractivity contribution in [1.82, 2.24) is 0 Å². The monoisotopic (exact) mass is 184 g/mol. The zero-order valence-electron chi connectivity index (χ0n) is 9.60. The van der Waals surface area contributed by atoms with Gasteiger partial charge in [0.15, 0.2) is 0 Å². The van der Waals surface area contributed by atoms with Crippen LogP contribution in [0.15, 0.2) is 0 Å². The molecule has 0 rings (SSSR count). The molecular formula is C12H24O. The first kappa shape index (κ1) is 12.7. The summed E-state index contributed by atoms with van der Waals surface area (Å²) < 4.78 is 0. The second-order valence-electron chi connectivity index (χ2n) is 4.69. The Morgan fingerprint density at radius 3 is 2.31 bits per heavy atom. The van der Waals surface area contributed by atoms with Gasteiger partial charge in [-0.3, -0.25) is 0 Å². The van der Waals surface area contributed by atoms with Gasteiger partial charge in [0.05, 0.1) is 0 Å². The number of aldehydes is 1. The summed E-state index contributed by atoms with van der Waals surface area (Å²) in [5.74, 6) is 0.516. The predicted molar refractivity (Wildman–Crippen MR) is 57.8 cm³/mol. The lowest BCUT2D eigenvalue weighted by molar-refractivity contribution is -0.116. The quantitative estimate of drug-likeness (QED) is 0.434. The van der Waals surface area contributed by atoms with Crippen molar-refractivity contribution in [3.63, 3.8) is 0 Å². The van der Waals surface area contributed by atoms with E-state index in [-0.39, 0.29) is 5.41 Å². The van der Waals surface area contributed by atoms with Crippen molar-refractivity contribution >= 4 is 6.29 Å². The first-order valence-corrected chi connectivity index (χ1v) is 5.51. The number of rotatable bonds is 7. The van der Waals surface area contributed by atoms with Crippen molar-refractivity contribution in [2.24, 2.45) is 11.3 Å². The molecule has 1 nitrogen and oxygen atoms in total. The third kappa shape index (κ3) is 5.07. The molecule has 0 aromatic rings. The van der Waals surface area contributed by atoms with E-state index in [2.05, 4.69) is 13.8 Å². The Kier molecular flexibility index (Phi) is 6.02. The molecule has 1 unspecified atom stereocenters. The second-order valence-corrected chi connectivity index (χ2v) is 4.69. The van der Waals surface area contributed by atoms with E-state index in [1.54, 1.807) is 0 Å². The van der Waals surface area contributed by atoms with E-state index in [4.69, 9.17) is 0 Å². The summed E-state index contributed by atoms with van der Waals surface area (Å²) in [5.41, 5.74) is -0.133. The average molecular weight is 184 g/mol. The van der Waals surface area contributed by atoms with Gasteiger partial charge in [0, 0.05) is 5.41 Å². The minimum Gasteiger partial charge on any atom is -0.303 e. The van der Waals surface area contributed by atoms with Crippen LogP contribution in [0.2, 0.25) is 0 Å². The fraction of sp³-hybridized carbons (Fsp3) is 0.917. The first-order valence-electron chi connectivity index (χ1n) is 5.51. The maximum Gasteiger partial charge on any atom is 0.125 e. The van der Waals surface area contributed by atoms with Crippen molar-refractivity contribution in [1.29, 1.82) is 0 Å². The lowest BCUT2D eigenvalue weighted by Gasteiger charge is -2.25. The van der Waals surface area contributed by atoms with E-state index in [0.29, 0.717) is 5.92 Å². The molecule has 0 spiro atoms. The summed E-state index contributed by atoms with van der Waals surface area (Å²) in [6.07, 6.45) is 7.48. The molecule has 0 aliphatic carbocycles. The Morgan fingerprint density at radius 1 is 1.23 bits per heavy atom. The predicted octanol–water partition coefficient (Wildman–Crippen LogP) is 3.82. The molecule has 0 aromatic heterocycles. The molecule has 0 bridgehead atoms. The molecule has 0 saturated heterocycles. The number of carbonyl (C=O) groups excluding carboxylic acids is 1. The molecule has 1 heteroatoms. The zero-order valence-corrected chi connectivity index (χ0v) is 9.60. The standard InChI is InChI=1S/C12H24O/c1-5-6-7-8-9-11(2)12(3,4)10-13/h10-11H,5-9H2,1-4H3. The van der Waals surface area contributed by atoms with Gasteiger partial charge in [-0.25, -0.2) is 0 Å². The lowest BCUT2D eigenvalue weighted by atomic mass is 9.78. The second kappa shape index (κ2) is 6.17. The van der Waals surface area contributed by atoms with Gasteiger partial charge < -0.3 is 4.79 Å². The summed E-state index contributed by atoms with van der Waals surface area (Å²) in [7, 11) is 0. The smallest absolute Gasteiger partial charge is 0.125 e. The molecule has 0 aliphatic rings. The first-order chi connectivity index (χ1) is 6.04. The van der Waals surface area contributed by atoms with Gasteiger partial charge in [0.25, 0.3) is 0 Å². The number of hydrogen-bond acceptors (Lipinski definition) is 1. The van der Waals surface area contributed by atoms with Crippen LogP contribution in [0.1, 0.15) is 59.8 Å². The minimum absolute atomic E-state index is 0.133. The van der Waals surface area contributed by atoms with Crippen molar-refractivity contribution in [3.8, 4) is 0 Å². The van der Waals surface area contributed by atoms with Crippen molar-refractivity contribution in [2.75, 3.05) is 0 Å². The minimum atomic E-state index is -0.133. The third-order valence-corrected chi connectivity index (χ3v) is 3.06. The van der Waals surface area contributed by atoms with Crippen LogP contribution in [0.25, 0.3) is 0 Å². The van der Waals surface area contributed by atoms with Gasteiger partial charge in [-0.15, -0.1) is 0 Å². The Morgan fingerprint density at radius 2 is 1.85 bits per heavy atom. The van der Waals surface area contributed by atoms with Crippen molar-refractivity contribution < 1.29 is 4.79 Å². The maximum absolute atomic E-state index is 10.8. The average Bonchev–Trinajstić information content (AvgIpc) is 2.12. The van der Waals surface area contributed by atoms with Crippen LogP contribution in [0.3, 0.4) is 0 Å². The van der Waals surface area contributed by atoms with Gasteiger partial charge in [-0.1, -0.05) is 53.4 Å². The molecule has 0 heterocycles. The molecule has 78 valence electrons. The summed E-state index contributed by atoms with van der Waals surface area (Å²) in [5, 5.41) is 0. The Bertz CT molecular complexity index is 138. The summed E-state index contributed by atoms with van der Waals surface area (Å²) in [6, 6.07) is 0. The van der Waals surface area contributed by atoms with Crippen LogP contribution in [-0.4, -0.2) is 6.29 Å². The highest BCUT2D eigenvalue weighted by Crippen LogP contribution is 2.28. The third-order valence-electron chi connectivity index (χ3n) is 3.06. The Balaban J connectivity index is 3.61. The summed E-state index contributed by atoms with van der Waals surface area (Å²) in [6.45, 7) is 8.47. The molecule has 0 fully saturated rings. The van der Waals surface area contributed by atoms with Gasteiger partial charge >= 0.3 is 0 Å². The van der Waals surface area contributed by atoms with Gasteiger partial charge in [0.1, 0.15) is 6.29 Å². The van der Waals surface area contributed by atoms with Crippen LogP contribution in [0, 0.1) is 11.3 Å². The summed E-state index contributed by atoms with van der Waals surface area (Å²) in [4.78, 5) is 10.8. The zero-order chi connectivity index (χ0) is 10.3. The molecular weight excluding hydrogens is 160 g/mol. The van der Waals surface area contributed by atoms with E-state index in [1.807, 2.05) is 13.8 Å². The molecule has 1 atom stereocenters. The fourth-order valence-electron chi connectivity index (χ4n) is 1.37. The molecule has 0 aliphatic heterocycles.